The summed E-state index contributed by atoms with van der Waals surface area (Å²) in [5.74, 6) is 0.885. The molecular formula is C12H16BrNO2. The third-order valence-electron chi connectivity index (χ3n) is 2.61. The van der Waals surface area contributed by atoms with Crippen LogP contribution in [0.25, 0.3) is 0 Å². The van der Waals surface area contributed by atoms with E-state index in [4.69, 9.17) is 15.2 Å². The van der Waals surface area contributed by atoms with Gasteiger partial charge in [-0.3, -0.25) is 0 Å². The normalized spacial score (nSPS) is 20.0. The summed E-state index contributed by atoms with van der Waals surface area (Å²) in [6.45, 7) is 2.16. The van der Waals surface area contributed by atoms with E-state index in [9.17, 15) is 0 Å². The number of rotatable bonds is 4. The van der Waals surface area contributed by atoms with Crippen LogP contribution < -0.4 is 10.5 Å². The molecule has 1 unspecified atom stereocenters. The molecule has 2 rings (SSSR count). The first-order chi connectivity index (χ1) is 7.79. The molecule has 1 saturated heterocycles. The molecule has 4 heteroatoms. The summed E-state index contributed by atoms with van der Waals surface area (Å²) in [6.07, 6.45) is 2.05. The zero-order valence-electron chi connectivity index (χ0n) is 9.12. The third kappa shape index (κ3) is 2.97. The van der Waals surface area contributed by atoms with Gasteiger partial charge in [-0.1, -0.05) is 6.07 Å². The lowest BCUT2D eigenvalue weighted by molar-refractivity contribution is 0.141. The lowest BCUT2D eigenvalue weighted by Gasteiger charge is -2.14. The molecule has 0 spiro atoms. The maximum Gasteiger partial charge on any atom is 0.134 e. The van der Waals surface area contributed by atoms with Gasteiger partial charge in [0, 0.05) is 6.42 Å². The van der Waals surface area contributed by atoms with Gasteiger partial charge < -0.3 is 15.2 Å². The largest absolute Gasteiger partial charge is 0.487 e. The van der Waals surface area contributed by atoms with Crippen LogP contribution in [0.15, 0.2) is 22.7 Å². The minimum Gasteiger partial charge on any atom is -0.487 e. The van der Waals surface area contributed by atoms with Crippen molar-refractivity contribution in [3.05, 3.63) is 28.2 Å². The Hall–Kier alpha value is -0.580. The number of hydrogen-bond acceptors (Lipinski definition) is 3. The zero-order valence-corrected chi connectivity index (χ0v) is 10.7. The monoisotopic (exact) mass is 285 g/mol. The predicted octanol–water partition coefficient (Wildman–Crippen LogP) is 2.12. The van der Waals surface area contributed by atoms with Crippen LogP contribution in [-0.2, 0) is 11.2 Å². The fraction of sp³-hybridized carbons (Fsp3) is 0.500. The summed E-state index contributed by atoms with van der Waals surface area (Å²) < 4.78 is 12.1. The smallest absolute Gasteiger partial charge is 0.134 e. The Labute approximate surface area is 104 Å². The second kappa shape index (κ2) is 5.66. The quantitative estimate of drug-likeness (QED) is 0.922. The van der Waals surface area contributed by atoms with Gasteiger partial charge in [0.1, 0.15) is 11.9 Å². The molecule has 1 aliphatic rings. The number of hydrogen-bond donors (Lipinski definition) is 1. The van der Waals surface area contributed by atoms with Gasteiger partial charge in [-0.05, 0) is 46.6 Å². The molecule has 0 aliphatic carbocycles. The van der Waals surface area contributed by atoms with E-state index >= 15 is 0 Å². The van der Waals surface area contributed by atoms with Crippen LogP contribution in [0.1, 0.15) is 12.0 Å². The van der Waals surface area contributed by atoms with Crippen LogP contribution in [-0.4, -0.2) is 25.9 Å². The van der Waals surface area contributed by atoms with Crippen molar-refractivity contribution < 1.29 is 9.47 Å². The Balaban J connectivity index is 2.03. The molecule has 3 nitrogen and oxygen atoms in total. The third-order valence-corrected chi connectivity index (χ3v) is 3.23. The minimum absolute atomic E-state index is 0.191. The molecule has 1 aromatic rings. The molecule has 0 bridgehead atoms. The van der Waals surface area contributed by atoms with Crippen LogP contribution >= 0.6 is 15.9 Å². The van der Waals surface area contributed by atoms with Gasteiger partial charge in [-0.25, -0.2) is 0 Å². The Morgan fingerprint density at radius 3 is 3.00 bits per heavy atom. The van der Waals surface area contributed by atoms with Gasteiger partial charge in [0.05, 0.1) is 17.7 Å². The highest BCUT2D eigenvalue weighted by atomic mass is 79.9. The van der Waals surface area contributed by atoms with Gasteiger partial charge in [0.15, 0.2) is 0 Å². The Morgan fingerprint density at radius 2 is 2.38 bits per heavy atom. The summed E-state index contributed by atoms with van der Waals surface area (Å²) in [6, 6.07) is 6.12. The first-order valence-electron chi connectivity index (χ1n) is 5.52. The van der Waals surface area contributed by atoms with E-state index in [0.717, 1.165) is 29.7 Å². The number of benzene rings is 1. The molecule has 1 fully saturated rings. The number of halogens is 1. The molecular weight excluding hydrogens is 270 g/mol. The fourth-order valence-corrected chi connectivity index (χ4v) is 2.27. The van der Waals surface area contributed by atoms with Crippen LogP contribution in [0.5, 0.6) is 5.75 Å². The molecule has 1 heterocycles. The van der Waals surface area contributed by atoms with Crippen LogP contribution in [0.2, 0.25) is 0 Å². The van der Waals surface area contributed by atoms with Gasteiger partial charge in [-0.15, -0.1) is 0 Å². The van der Waals surface area contributed by atoms with Gasteiger partial charge in [-0.2, -0.15) is 0 Å². The predicted molar refractivity (Wildman–Crippen MR) is 66.8 cm³/mol. The van der Waals surface area contributed by atoms with E-state index in [0.29, 0.717) is 13.2 Å². The highest BCUT2D eigenvalue weighted by Crippen LogP contribution is 2.28. The van der Waals surface area contributed by atoms with Crippen molar-refractivity contribution in [3.63, 3.8) is 0 Å². The van der Waals surface area contributed by atoms with Crippen molar-refractivity contribution in [2.24, 2.45) is 5.73 Å². The highest BCUT2D eigenvalue weighted by molar-refractivity contribution is 9.10. The van der Waals surface area contributed by atoms with E-state index in [1.54, 1.807) is 0 Å². The van der Waals surface area contributed by atoms with E-state index in [2.05, 4.69) is 28.1 Å². The van der Waals surface area contributed by atoms with Gasteiger partial charge in [0.25, 0.3) is 0 Å². The van der Waals surface area contributed by atoms with Crippen molar-refractivity contribution in [2.45, 2.75) is 18.9 Å². The molecule has 0 saturated carbocycles. The summed E-state index contributed by atoms with van der Waals surface area (Å²) in [7, 11) is 0. The topological polar surface area (TPSA) is 44.5 Å². The molecule has 1 aromatic carbocycles. The Kier molecular flexibility index (Phi) is 4.21. The van der Waals surface area contributed by atoms with Crippen LogP contribution in [0.3, 0.4) is 0 Å². The summed E-state index contributed by atoms with van der Waals surface area (Å²) in [5, 5.41) is 0. The summed E-state index contributed by atoms with van der Waals surface area (Å²) >= 11 is 3.52. The molecule has 2 N–H and O–H groups in total. The lowest BCUT2D eigenvalue weighted by Crippen LogP contribution is -2.16. The van der Waals surface area contributed by atoms with Crippen molar-refractivity contribution in [2.75, 3.05) is 19.8 Å². The summed E-state index contributed by atoms with van der Waals surface area (Å²) in [5.41, 5.74) is 6.74. The van der Waals surface area contributed by atoms with E-state index in [-0.39, 0.29) is 6.10 Å². The summed E-state index contributed by atoms with van der Waals surface area (Å²) in [4.78, 5) is 0. The maximum absolute atomic E-state index is 5.84. The number of ether oxygens (including phenoxy) is 2. The van der Waals surface area contributed by atoms with E-state index in [1.807, 2.05) is 6.07 Å². The van der Waals surface area contributed by atoms with Crippen molar-refractivity contribution >= 4 is 15.9 Å². The van der Waals surface area contributed by atoms with Crippen LogP contribution in [0, 0.1) is 0 Å². The van der Waals surface area contributed by atoms with Crippen molar-refractivity contribution in [1.29, 1.82) is 0 Å². The second-order valence-corrected chi connectivity index (χ2v) is 4.76. The molecule has 16 heavy (non-hydrogen) atoms. The van der Waals surface area contributed by atoms with Gasteiger partial charge in [0.2, 0.25) is 0 Å². The first-order valence-corrected chi connectivity index (χ1v) is 6.32. The standard InChI is InChI=1S/C12H16BrNO2/c13-11-7-9(3-5-14)1-2-12(11)16-10-4-6-15-8-10/h1-2,7,10H,3-6,8,14H2. The SMILES string of the molecule is NCCc1ccc(OC2CCOC2)c(Br)c1. The maximum atomic E-state index is 5.84. The highest BCUT2D eigenvalue weighted by Gasteiger charge is 2.18. The Morgan fingerprint density at radius 1 is 1.50 bits per heavy atom. The van der Waals surface area contributed by atoms with Crippen molar-refractivity contribution in [1.82, 2.24) is 0 Å². The van der Waals surface area contributed by atoms with Crippen molar-refractivity contribution in [3.8, 4) is 5.75 Å². The molecule has 1 atom stereocenters. The molecule has 1 aliphatic heterocycles. The molecule has 88 valence electrons. The van der Waals surface area contributed by atoms with Crippen LogP contribution in [0.4, 0.5) is 0 Å². The first kappa shape index (κ1) is 11.9. The van der Waals surface area contributed by atoms with E-state index < -0.39 is 0 Å². The lowest BCUT2D eigenvalue weighted by atomic mass is 10.1. The van der Waals surface area contributed by atoms with E-state index in [1.165, 1.54) is 5.56 Å². The average Bonchev–Trinajstić information content (AvgIpc) is 2.75. The average molecular weight is 286 g/mol. The molecule has 0 aromatic heterocycles. The van der Waals surface area contributed by atoms with Gasteiger partial charge >= 0.3 is 0 Å². The zero-order chi connectivity index (χ0) is 11.4. The molecule has 0 radical (unpaired) electrons. The Bertz CT molecular complexity index is 351. The number of nitrogens with two attached hydrogens (primary N) is 1. The fourth-order valence-electron chi connectivity index (χ4n) is 1.75. The second-order valence-electron chi connectivity index (χ2n) is 3.91. The molecule has 0 amide bonds. The minimum atomic E-state index is 0.191.